The minimum Gasteiger partial charge on any atom is -0.506 e. The molecule has 0 radical (unpaired) electrons. The molecule has 0 spiro atoms. The average Bonchev–Trinajstić information content (AvgIpc) is 2.86. The molecule has 0 heterocycles. The first-order valence-corrected chi connectivity index (χ1v) is 15.5. The maximum Gasteiger partial charge on any atom is 0.175 e. The van der Waals surface area contributed by atoms with E-state index in [2.05, 4.69) is 28.5 Å². The van der Waals surface area contributed by atoms with E-state index in [1.165, 1.54) is 56.0 Å². The van der Waals surface area contributed by atoms with E-state index >= 15 is 0 Å². The van der Waals surface area contributed by atoms with Crippen molar-refractivity contribution in [3.63, 3.8) is 0 Å². The number of rotatable bonds is 15. The first-order valence-electron chi connectivity index (χ1n) is 13.6. The van der Waals surface area contributed by atoms with Gasteiger partial charge in [0.25, 0.3) is 0 Å². The predicted octanol–water partition coefficient (Wildman–Crippen LogP) is 4.80. The third kappa shape index (κ3) is 8.22. The molecule has 0 bridgehead atoms. The molecule has 2 aromatic carbocycles. The van der Waals surface area contributed by atoms with E-state index in [0.717, 1.165) is 56.6 Å². The number of phenolic OH excluding ortho intramolecular Hbond substituents is 1. The number of benzene rings is 2. The van der Waals surface area contributed by atoms with Crippen molar-refractivity contribution >= 4 is 15.5 Å². The molecule has 36 heavy (non-hydrogen) atoms. The highest BCUT2D eigenvalue weighted by Gasteiger charge is 2.26. The number of anilines is 1. The highest BCUT2D eigenvalue weighted by Crippen LogP contribution is 2.35. The Morgan fingerprint density at radius 2 is 1.75 bits per heavy atom. The second kappa shape index (κ2) is 14.0. The van der Waals surface area contributed by atoms with E-state index < -0.39 is 9.84 Å². The molecule has 0 saturated heterocycles. The number of aromatic hydroxyl groups is 1. The van der Waals surface area contributed by atoms with Crippen molar-refractivity contribution in [1.82, 2.24) is 10.2 Å². The lowest BCUT2D eigenvalue weighted by atomic mass is 9.86. The third-order valence-corrected chi connectivity index (χ3v) is 8.47. The summed E-state index contributed by atoms with van der Waals surface area (Å²) in [6.45, 7) is 6.54. The lowest BCUT2D eigenvalue weighted by Gasteiger charge is -2.36. The van der Waals surface area contributed by atoms with Gasteiger partial charge in [0.2, 0.25) is 0 Å². The van der Waals surface area contributed by atoms with Gasteiger partial charge in [-0.3, -0.25) is 0 Å². The van der Waals surface area contributed by atoms with Crippen LogP contribution >= 0.6 is 0 Å². The van der Waals surface area contributed by atoms with Crippen molar-refractivity contribution in [1.29, 1.82) is 0 Å². The average molecular weight is 516 g/mol. The number of fused-ring (bicyclic) bond motifs is 1. The van der Waals surface area contributed by atoms with E-state index in [1.54, 1.807) is 12.1 Å². The second-order valence-corrected chi connectivity index (χ2v) is 12.1. The van der Waals surface area contributed by atoms with Crippen LogP contribution in [0.3, 0.4) is 0 Å². The van der Waals surface area contributed by atoms with Crippen molar-refractivity contribution in [3.05, 3.63) is 53.1 Å². The molecule has 0 unspecified atom stereocenters. The highest BCUT2D eigenvalue weighted by molar-refractivity contribution is 7.90. The van der Waals surface area contributed by atoms with E-state index in [9.17, 15) is 13.5 Å². The molecule has 1 aliphatic carbocycles. The minimum atomic E-state index is -3.12. The van der Waals surface area contributed by atoms with Crippen LogP contribution in [0.15, 0.2) is 41.3 Å². The standard InChI is InChI=1S/C29H45N3O3S/c1-4-20-32(25-12-15-27-24(22-25)11-16-28(33)29(27)30-2)21-8-6-5-7-18-31-19-17-23-9-13-26(14-10-23)36(3,34)35/h9-11,13-14,16,25,30-31,33H,4-8,12,15,17-22H2,1-3H3/t25-/m0/s1. The fourth-order valence-electron chi connectivity index (χ4n) is 5.36. The van der Waals surface area contributed by atoms with Gasteiger partial charge in [-0.1, -0.05) is 38.0 Å². The zero-order valence-electron chi connectivity index (χ0n) is 22.4. The van der Waals surface area contributed by atoms with Crippen LogP contribution in [0.1, 0.15) is 62.1 Å². The van der Waals surface area contributed by atoms with E-state index in [4.69, 9.17) is 0 Å². The SMILES string of the molecule is CCCN(CCCCCCNCCc1ccc(S(C)(=O)=O)cc1)[C@H]1CCc2c(ccc(O)c2NC)C1. The molecule has 0 amide bonds. The van der Waals surface area contributed by atoms with Gasteiger partial charge >= 0.3 is 0 Å². The summed E-state index contributed by atoms with van der Waals surface area (Å²) < 4.78 is 23.1. The summed E-state index contributed by atoms with van der Waals surface area (Å²) in [5.41, 5.74) is 4.75. The highest BCUT2D eigenvalue weighted by atomic mass is 32.2. The normalized spacial score (nSPS) is 15.7. The second-order valence-electron chi connectivity index (χ2n) is 10.1. The van der Waals surface area contributed by atoms with E-state index in [0.29, 0.717) is 16.7 Å². The topological polar surface area (TPSA) is 81.7 Å². The van der Waals surface area contributed by atoms with Crippen LogP contribution in [-0.4, -0.2) is 63.9 Å². The molecular formula is C29H45N3O3S. The maximum atomic E-state index is 11.6. The van der Waals surface area contributed by atoms with Crippen LogP contribution < -0.4 is 10.6 Å². The molecular weight excluding hydrogens is 470 g/mol. The van der Waals surface area contributed by atoms with Gasteiger partial charge in [-0.25, -0.2) is 8.42 Å². The summed E-state index contributed by atoms with van der Waals surface area (Å²) in [5, 5.41) is 16.9. The molecule has 7 heteroatoms. The Balaban J connectivity index is 1.31. The smallest absolute Gasteiger partial charge is 0.175 e. The van der Waals surface area contributed by atoms with Crippen LogP contribution in [0.4, 0.5) is 5.69 Å². The van der Waals surface area contributed by atoms with Crippen LogP contribution in [0.2, 0.25) is 0 Å². The number of sulfone groups is 1. The molecule has 0 aromatic heterocycles. The quantitative estimate of drug-likeness (QED) is 0.234. The summed E-state index contributed by atoms with van der Waals surface area (Å²) in [7, 11) is -1.23. The molecule has 1 aliphatic rings. The van der Waals surface area contributed by atoms with E-state index in [-0.39, 0.29) is 0 Å². The molecule has 6 nitrogen and oxygen atoms in total. The van der Waals surface area contributed by atoms with Gasteiger partial charge in [0.1, 0.15) is 5.75 Å². The Hall–Kier alpha value is -2.09. The molecule has 2 aromatic rings. The lowest BCUT2D eigenvalue weighted by Crippen LogP contribution is -2.40. The van der Waals surface area contributed by atoms with Gasteiger partial charge < -0.3 is 20.6 Å². The molecule has 0 fully saturated rings. The molecule has 200 valence electrons. The van der Waals surface area contributed by atoms with Crippen molar-refractivity contribution in [2.24, 2.45) is 0 Å². The first-order chi connectivity index (χ1) is 17.3. The Morgan fingerprint density at radius 1 is 1.00 bits per heavy atom. The van der Waals surface area contributed by atoms with Crippen molar-refractivity contribution in [2.75, 3.05) is 44.8 Å². The number of nitrogens with one attached hydrogen (secondary N) is 2. The lowest BCUT2D eigenvalue weighted by molar-refractivity contribution is 0.176. The molecule has 3 rings (SSSR count). The Bertz CT molecular complexity index is 1050. The fraction of sp³-hybridized carbons (Fsp3) is 0.586. The number of unbranched alkanes of at least 4 members (excludes halogenated alkanes) is 3. The molecule has 3 N–H and O–H groups in total. The van der Waals surface area contributed by atoms with Crippen LogP contribution in [0.25, 0.3) is 0 Å². The monoisotopic (exact) mass is 515 g/mol. The Morgan fingerprint density at radius 3 is 2.44 bits per heavy atom. The molecule has 0 aliphatic heterocycles. The predicted molar refractivity (Wildman–Crippen MR) is 150 cm³/mol. The van der Waals surface area contributed by atoms with Gasteiger partial charge in [-0.2, -0.15) is 0 Å². The number of nitrogens with zero attached hydrogens (tertiary/aromatic N) is 1. The molecule has 1 atom stereocenters. The Labute approximate surface area is 218 Å². The van der Waals surface area contributed by atoms with Gasteiger partial charge in [0.15, 0.2) is 9.84 Å². The number of hydrogen-bond acceptors (Lipinski definition) is 6. The van der Waals surface area contributed by atoms with Gasteiger partial charge in [-0.15, -0.1) is 0 Å². The fourth-order valence-corrected chi connectivity index (χ4v) is 5.99. The number of hydrogen-bond donors (Lipinski definition) is 3. The van der Waals surface area contributed by atoms with Crippen molar-refractivity contribution in [3.8, 4) is 5.75 Å². The Kier molecular flexibility index (Phi) is 11.1. The summed E-state index contributed by atoms with van der Waals surface area (Å²) in [6.07, 6.45) is 11.5. The van der Waals surface area contributed by atoms with Crippen LogP contribution in [-0.2, 0) is 29.1 Å². The summed E-state index contributed by atoms with van der Waals surface area (Å²) in [6, 6.07) is 11.8. The third-order valence-electron chi connectivity index (χ3n) is 7.34. The largest absolute Gasteiger partial charge is 0.506 e. The number of phenols is 1. The van der Waals surface area contributed by atoms with Gasteiger partial charge in [-0.05, 0) is 106 Å². The summed E-state index contributed by atoms with van der Waals surface area (Å²) in [5.74, 6) is 0.359. The summed E-state index contributed by atoms with van der Waals surface area (Å²) in [4.78, 5) is 3.08. The minimum absolute atomic E-state index is 0.359. The summed E-state index contributed by atoms with van der Waals surface area (Å²) >= 11 is 0. The maximum absolute atomic E-state index is 11.6. The first kappa shape index (κ1) is 28.5. The van der Waals surface area contributed by atoms with Crippen molar-refractivity contribution < 1.29 is 13.5 Å². The zero-order valence-corrected chi connectivity index (χ0v) is 23.2. The van der Waals surface area contributed by atoms with Gasteiger partial charge in [0.05, 0.1) is 10.6 Å². The van der Waals surface area contributed by atoms with Gasteiger partial charge in [0, 0.05) is 19.3 Å². The molecule has 0 saturated carbocycles. The van der Waals surface area contributed by atoms with Crippen LogP contribution in [0, 0.1) is 0 Å². The van der Waals surface area contributed by atoms with Crippen molar-refractivity contribution in [2.45, 2.75) is 75.6 Å². The van der Waals surface area contributed by atoms with E-state index in [1.807, 2.05) is 25.2 Å². The zero-order chi connectivity index (χ0) is 26.0. The van der Waals surface area contributed by atoms with Crippen LogP contribution in [0.5, 0.6) is 5.75 Å².